The van der Waals surface area contributed by atoms with Crippen LogP contribution in [0.4, 0.5) is 17.6 Å². The second-order valence-electron chi connectivity index (χ2n) is 3.76. The van der Waals surface area contributed by atoms with Crippen molar-refractivity contribution >= 4 is 40.8 Å². The Kier molecular flexibility index (Phi) is 4.81. The maximum absolute atomic E-state index is 6.05. The minimum absolute atomic E-state index is 0.109. The minimum atomic E-state index is 0.109. The van der Waals surface area contributed by atoms with Crippen LogP contribution >= 0.6 is 23.2 Å². The largest absolute Gasteiger partial charge is 0.495 e. The lowest BCUT2D eigenvalue weighted by Crippen LogP contribution is -2.06. The quantitative estimate of drug-likeness (QED) is 0.882. The van der Waals surface area contributed by atoms with Gasteiger partial charge < -0.3 is 15.4 Å². The Morgan fingerprint density at radius 1 is 1.15 bits per heavy atom. The number of aromatic nitrogens is 3. The summed E-state index contributed by atoms with van der Waals surface area (Å²) in [5.41, 5.74) is 0.723. The Labute approximate surface area is 126 Å². The van der Waals surface area contributed by atoms with Crippen LogP contribution in [0, 0.1) is 0 Å². The SMILES string of the molecule is CCNc1nc(Cl)nc(Nc2ccc(OC)c(Cl)c2)n1. The fourth-order valence-corrected chi connectivity index (χ4v) is 1.93. The van der Waals surface area contributed by atoms with Crippen LogP contribution in [0.3, 0.4) is 0 Å². The van der Waals surface area contributed by atoms with Gasteiger partial charge in [0, 0.05) is 12.2 Å². The highest BCUT2D eigenvalue weighted by Crippen LogP contribution is 2.28. The van der Waals surface area contributed by atoms with Gasteiger partial charge in [-0.15, -0.1) is 0 Å². The van der Waals surface area contributed by atoms with E-state index in [1.165, 1.54) is 0 Å². The number of nitrogens with zero attached hydrogens (tertiary/aromatic N) is 3. The molecule has 0 unspecified atom stereocenters. The molecule has 0 fully saturated rings. The van der Waals surface area contributed by atoms with Gasteiger partial charge >= 0.3 is 0 Å². The molecule has 1 aromatic heterocycles. The fraction of sp³-hybridized carbons (Fsp3) is 0.250. The van der Waals surface area contributed by atoms with Gasteiger partial charge in [-0.2, -0.15) is 15.0 Å². The van der Waals surface area contributed by atoms with Crippen molar-refractivity contribution in [3.8, 4) is 5.75 Å². The Balaban J connectivity index is 2.23. The van der Waals surface area contributed by atoms with Crippen LogP contribution in [0.1, 0.15) is 6.92 Å². The topological polar surface area (TPSA) is 72.0 Å². The molecule has 2 N–H and O–H groups in total. The van der Waals surface area contributed by atoms with E-state index in [2.05, 4.69) is 25.6 Å². The predicted molar refractivity (Wildman–Crippen MR) is 80.3 cm³/mol. The number of halogens is 2. The summed E-state index contributed by atoms with van der Waals surface area (Å²) < 4.78 is 5.09. The standard InChI is InChI=1S/C12H13Cl2N5O/c1-3-15-11-17-10(14)18-12(19-11)16-7-4-5-9(20-2)8(13)6-7/h4-6H,3H2,1-2H3,(H2,15,16,17,18,19). The Morgan fingerprint density at radius 3 is 2.55 bits per heavy atom. The van der Waals surface area contributed by atoms with Crippen molar-refractivity contribution in [2.24, 2.45) is 0 Å². The number of methoxy groups -OCH3 is 1. The third-order valence-electron chi connectivity index (χ3n) is 2.35. The van der Waals surface area contributed by atoms with Gasteiger partial charge in [0.1, 0.15) is 5.75 Å². The molecule has 106 valence electrons. The fourth-order valence-electron chi connectivity index (χ4n) is 1.52. The third kappa shape index (κ3) is 3.61. The highest BCUT2D eigenvalue weighted by atomic mass is 35.5. The first kappa shape index (κ1) is 14.6. The Morgan fingerprint density at radius 2 is 1.90 bits per heavy atom. The number of hydrogen-bond acceptors (Lipinski definition) is 6. The van der Waals surface area contributed by atoms with E-state index in [-0.39, 0.29) is 5.28 Å². The molecule has 6 nitrogen and oxygen atoms in total. The van der Waals surface area contributed by atoms with E-state index in [1.54, 1.807) is 25.3 Å². The molecule has 8 heteroatoms. The number of nitrogens with one attached hydrogen (secondary N) is 2. The van der Waals surface area contributed by atoms with Gasteiger partial charge in [0.2, 0.25) is 17.2 Å². The molecule has 20 heavy (non-hydrogen) atoms. The normalized spacial score (nSPS) is 10.2. The molecule has 0 aliphatic heterocycles. The minimum Gasteiger partial charge on any atom is -0.495 e. The van der Waals surface area contributed by atoms with Gasteiger partial charge in [0.15, 0.2) is 0 Å². The second-order valence-corrected chi connectivity index (χ2v) is 4.50. The highest BCUT2D eigenvalue weighted by molar-refractivity contribution is 6.32. The first-order valence-corrected chi connectivity index (χ1v) is 6.64. The maximum Gasteiger partial charge on any atom is 0.233 e. The van der Waals surface area contributed by atoms with Crippen molar-refractivity contribution in [3.63, 3.8) is 0 Å². The van der Waals surface area contributed by atoms with Gasteiger partial charge in [-0.25, -0.2) is 0 Å². The first-order chi connectivity index (χ1) is 9.62. The average Bonchev–Trinajstić information content (AvgIpc) is 2.38. The molecule has 0 aliphatic carbocycles. The first-order valence-electron chi connectivity index (χ1n) is 5.88. The predicted octanol–water partition coefficient (Wildman–Crippen LogP) is 3.36. The van der Waals surface area contributed by atoms with Gasteiger partial charge in [-0.05, 0) is 36.7 Å². The lowest BCUT2D eigenvalue weighted by molar-refractivity contribution is 0.415. The van der Waals surface area contributed by atoms with Crippen LogP contribution in [-0.4, -0.2) is 28.6 Å². The van der Waals surface area contributed by atoms with E-state index < -0.39 is 0 Å². The van der Waals surface area contributed by atoms with Crippen molar-refractivity contribution in [2.45, 2.75) is 6.92 Å². The van der Waals surface area contributed by atoms with E-state index >= 15 is 0 Å². The molecule has 2 rings (SSSR count). The van der Waals surface area contributed by atoms with E-state index in [0.29, 0.717) is 29.2 Å². The summed E-state index contributed by atoms with van der Waals surface area (Å²) in [5.74, 6) is 1.34. The lowest BCUT2D eigenvalue weighted by atomic mass is 10.3. The summed E-state index contributed by atoms with van der Waals surface area (Å²) in [6.45, 7) is 2.63. The average molecular weight is 314 g/mol. The van der Waals surface area contributed by atoms with Gasteiger partial charge in [-0.1, -0.05) is 11.6 Å². The number of ether oxygens (including phenoxy) is 1. The van der Waals surface area contributed by atoms with Crippen molar-refractivity contribution in [3.05, 3.63) is 28.5 Å². The van der Waals surface area contributed by atoms with Crippen molar-refractivity contribution < 1.29 is 4.74 Å². The molecule has 0 radical (unpaired) electrons. The molecule has 0 atom stereocenters. The molecule has 0 amide bonds. The number of anilines is 3. The molecule has 0 saturated carbocycles. The molecular formula is C12H13Cl2N5O. The summed E-state index contributed by atoms with van der Waals surface area (Å²) in [6, 6.07) is 5.26. The van der Waals surface area contributed by atoms with Crippen LogP contribution in [0.15, 0.2) is 18.2 Å². The van der Waals surface area contributed by atoms with Crippen LogP contribution in [0.5, 0.6) is 5.75 Å². The summed E-state index contributed by atoms with van der Waals surface area (Å²) in [7, 11) is 1.56. The maximum atomic E-state index is 6.05. The number of benzene rings is 1. The monoisotopic (exact) mass is 313 g/mol. The summed E-state index contributed by atoms with van der Waals surface area (Å²) in [5, 5.41) is 6.58. The third-order valence-corrected chi connectivity index (χ3v) is 2.82. The van der Waals surface area contributed by atoms with Crippen molar-refractivity contribution in [1.82, 2.24) is 15.0 Å². The summed E-state index contributed by atoms with van der Waals surface area (Å²) >= 11 is 11.9. The Hall–Kier alpha value is -1.79. The Bertz CT molecular complexity index is 608. The van der Waals surface area contributed by atoms with Crippen LogP contribution in [0.2, 0.25) is 10.3 Å². The van der Waals surface area contributed by atoms with Crippen LogP contribution in [0.25, 0.3) is 0 Å². The second kappa shape index (κ2) is 6.58. The van der Waals surface area contributed by atoms with Gasteiger partial charge in [0.25, 0.3) is 0 Å². The zero-order valence-corrected chi connectivity index (χ0v) is 12.5. The van der Waals surface area contributed by atoms with Gasteiger partial charge in [-0.3, -0.25) is 0 Å². The summed E-state index contributed by atoms with van der Waals surface area (Å²) in [4.78, 5) is 12.1. The molecule has 1 heterocycles. The van der Waals surface area contributed by atoms with Crippen molar-refractivity contribution in [2.75, 3.05) is 24.3 Å². The lowest BCUT2D eigenvalue weighted by Gasteiger charge is -2.09. The summed E-state index contributed by atoms with van der Waals surface area (Å²) in [6.07, 6.45) is 0. The zero-order chi connectivity index (χ0) is 14.5. The zero-order valence-electron chi connectivity index (χ0n) is 10.9. The molecular weight excluding hydrogens is 301 g/mol. The van der Waals surface area contributed by atoms with Gasteiger partial charge in [0.05, 0.1) is 12.1 Å². The van der Waals surface area contributed by atoms with Crippen molar-refractivity contribution in [1.29, 1.82) is 0 Å². The smallest absolute Gasteiger partial charge is 0.233 e. The molecule has 0 spiro atoms. The molecule has 0 bridgehead atoms. The van der Waals surface area contributed by atoms with E-state index in [0.717, 1.165) is 5.69 Å². The van der Waals surface area contributed by atoms with E-state index in [9.17, 15) is 0 Å². The van der Waals surface area contributed by atoms with E-state index in [4.69, 9.17) is 27.9 Å². The van der Waals surface area contributed by atoms with E-state index in [1.807, 2.05) is 6.92 Å². The molecule has 0 aliphatic rings. The number of rotatable bonds is 5. The number of hydrogen-bond donors (Lipinski definition) is 2. The van der Waals surface area contributed by atoms with Crippen LogP contribution in [-0.2, 0) is 0 Å². The van der Waals surface area contributed by atoms with Crippen LogP contribution < -0.4 is 15.4 Å². The molecule has 0 saturated heterocycles. The highest BCUT2D eigenvalue weighted by Gasteiger charge is 2.06. The molecule has 1 aromatic carbocycles. The molecule has 2 aromatic rings.